The third-order valence-corrected chi connectivity index (χ3v) is 7.86. The summed E-state index contributed by atoms with van der Waals surface area (Å²) in [5.74, 6) is 0. The maximum absolute atomic E-state index is 10.5. The van der Waals surface area contributed by atoms with E-state index in [1.807, 2.05) is 0 Å². The zero-order chi connectivity index (χ0) is 26.7. The molecule has 0 spiro atoms. The SMILES string of the molecule is CCCCCCCCCCC(CO)(CCCCCCCCCC)CO[C@@H]1O[C@H](CO)[C@@H](O)[C@H](O)[C@H]1O. The lowest BCUT2D eigenvalue weighted by atomic mass is 9.79. The summed E-state index contributed by atoms with van der Waals surface area (Å²) in [5, 5.41) is 50.4. The molecule has 0 radical (unpaired) electrons. The van der Waals surface area contributed by atoms with Gasteiger partial charge in [-0.25, -0.2) is 0 Å². The van der Waals surface area contributed by atoms with E-state index in [0.717, 1.165) is 38.5 Å². The zero-order valence-electron chi connectivity index (χ0n) is 23.3. The summed E-state index contributed by atoms with van der Waals surface area (Å²) < 4.78 is 11.5. The van der Waals surface area contributed by atoms with Gasteiger partial charge in [0.15, 0.2) is 6.29 Å². The Labute approximate surface area is 220 Å². The monoisotopic (exact) mass is 518 g/mol. The van der Waals surface area contributed by atoms with E-state index in [-0.39, 0.29) is 13.2 Å². The first-order valence-corrected chi connectivity index (χ1v) is 15.0. The average Bonchev–Trinajstić information content (AvgIpc) is 2.89. The molecule has 0 aromatic heterocycles. The summed E-state index contributed by atoms with van der Waals surface area (Å²) in [5.41, 5.74) is -0.427. The Morgan fingerprint density at radius 2 is 1.06 bits per heavy atom. The summed E-state index contributed by atoms with van der Waals surface area (Å²) in [6.07, 6.45) is 14.8. The lowest BCUT2D eigenvalue weighted by Gasteiger charge is -2.41. The highest BCUT2D eigenvalue weighted by atomic mass is 16.7. The fraction of sp³-hybridized carbons (Fsp3) is 1.00. The van der Waals surface area contributed by atoms with E-state index in [0.29, 0.717) is 0 Å². The molecule has 0 unspecified atom stereocenters. The van der Waals surface area contributed by atoms with Gasteiger partial charge in [-0.1, -0.05) is 117 Å². The molecule has 5 atom stereocenters. The van der Waals surface area contributed by atoms with Gasteiger partial charge >= 0.3 is 0 Å². The Hall–Kier alpha value is -0.280. The highest BCUT2D eigenvalue weighted by molar-refractivity contribution is 4.89. The van der Waals surface area contributed by atoms with Crippen LogP contribution in [0.5, 0.6) is 0 Å². The van der Waals surface area contributed by atoms with Crippen molar-refractivity contribution in [3.8, 4) is 0 Å². The summed E-state index contributed by atoms with van der Waals surface area (Å²) in [4.78, 5) is 0. The molecule has 1 saturated heterocycles. The zero-order valence-corrected chi connectivity index (χ0v) is 23.3. The fourth-order valence-corrected chi connectivity index (χ4v) is 5.20. The minimum Gasteiger partial charge on any atom is -0.396 e. The van der Waals surface area contributed by atoms with Gasteiger partial charge < -0.3 is 35.0 Å². The number of ether oxygens (including phenoxy) is 2. The molecule has 0 aromatic rings. The normalized spacial score (nSPS) is 24.9. The van der Waals surface area contributed by atoms with Gasteiger partial charge in [0.25, 0.3) is 0 Å². The molecule has 1 heterocycles. The number of rotatable bonds is 23. The molecule has 0 aliphatic carbocycles. The second kappa shape index (κ2) is 20.7. The lowest BCUT2D eigenvalue weighted by Crippen LogP contribution is -2.59. The molecule has 216 valence electrons. The summed E-state index contributed by atoms with van der Waals surface area (Å²) in [6.45, 7) is 4.18. The van der Waals surface area contributed by atoms with Crippen molar-refractivity contribution in [2.75, 3.05) is 19.8 Å². The fourth-order valence-electron chi connectivity index (χ4n) is 5.20. The molecule has 1 fully saturated rings. The standard InChI is InChI=1S/C29H58O7/c1-3-5-7-9-11-13-15-17-19-29(22-31,20-18-16-14-12-10-8-6-4-2)23-35-28-27(34)26(33)25(32)24(21-30)36-28/h24-28,30-34H,3-23H2,1-2H3/t24-,25-,26+,27-,28-/m1/s1. The van der Waals surface area contributed by atoms with Gasteiger partial charge in [-0.3, -0.25) is 0 Å². The molecule has 0 saturated carbocycles. The Bertz CT molecular complexity index is 482. The van der Waals surface area contributed by atoms with Crippen molar-refractivity contribution < 1.29 is 35.0 Å². The van der Waals surface area contributed by atoms with Gasteiger partial charge in [-0.15, -0.1) is 0 Å². The summed E-state index contributed by atoms with van der Waals surface area (Å²) >= 11 is 0. The van der Waals surface area contributed by atoms with Crippen LogP contribution in [-0.2, 0) is 9.47 Å². The van der Waals surface area contributed by atoms with Crippen LogP contribution in [0.2, 0.25) is 0 Å². The number of hydrogen-bond acceptors (Lipinski definition) is 7. The van der Waals surface area contributed by atoms with Gasteiger partial charge in [0.1, 0.15) is 24.4 Å². The van der Waals surface area contributed by atoms with E-state index in [1.54, 1.807) is 0 Å². The van der Waals surface area contributed by atoms with Crippen LogP contribution in [0.3, 0.4) is 0 Å². The Morgan fingerprint density at radius 3 is 1.47 bits per heavy atom. The topological polar surface area (TPSA) is 120 Å². The van der Waals surface area contributed by atoms with E-state index < -0.39 is 42.7 Å². The van der Waals surface area contributed by atoms with E-state index in [2.05, 4.69) is 13.8 Å². The van der Waals surface area contributed by atoms with Crippen LogP contribution in [0.1, 0.15) is 129 Å². The largest absolute Gasteiger partial charge is 0.396 e. The molecule has 36 heavy (non-hydrogen) atoms. The Kier molecular flexibility index (Phi) is 19.4. The molecule has 1 aliphatic rings. The van der Waals surface area contributed by atoms with Gasteiger partial charge in [0.2, 0.25) is 0 Å². The van der Waals surface area contributed by atoms with Crippen LogP contribution in [0.4, 0.5) is 0 Å². The molecular formula is C29H58O7. The van der Waals surface area contributed by atoms with Crippen molar-refractivity contribution in [3.63, 3.8) is 0 Å². The number of aliphatic hydroxyl groups excluding tert-OH is 5. The first-order valence-electron chi connectivity index (χ1n) is 15.0. The summed E-state index contributed by atoms with van der Waals surface area (Å²) in [6, 6.07) is 0. The number of hydrogen-bond donors (Lipinski definition) is 5. The van der Waals surface area contributed by atoms with E-state index in [1.165, 1.54) is 77.0 Å². The molecule has 1 aliphatic heterocycles. The van der Waals surface area contributed by atoms with Crippen LogP contribution < -0.4 is 0 Å². The van der Waals surface area contributed by atoms with Crippen molar-refractivity contribution >= 4 is 0 Å². The van der Waals surface area contributed by atoms with Crippen molar-refractivity contribution in [1.82, 2.24) is 0 Å². The average molecular weight is 519 g/mol. The molecule has 1 rings (SSSR count). The van der Waals surface area contributed by atoms with E-state index >= 15 is 0 Å². The van der Waals surface area contributed by atoms with Gasteiger partial charge in [-0.2, -0.15) is 0 Å². The van der Waals surface area contributed by atoms with Crippen molar-refractivity contribution in [2.45, 2.75) is 160 Å². The first kappa shape index (κ1) is 33.7. The molecule has 5 N–H and O–H groups in total. The van der Waals surface area contributed by atoms with Gasteiger partial charge in [0.05, 0.1) is 19.8 Å². The third-order valence-electron chi connectivity index (χ3n) is 7.86. The van der Waals surface area contributed by atoms with E-state index in [4.69, 9.17) is 9.47 Å². The molecule has 0 amide bonds. The maximum Gasteiger partial charge on any atom is 0.186 e. The third kappa shape index (κ3) is 13.0. The van der Waals surface area contributed by atoms with Crippen LogP contribution in [0.25, 0.3) is 0 Å². The Balaban J connectivity index is 2.59. The number of aliphatic hydroxyl groups is 5. The van der Waals surface area contributed by atoms with Gasteiger partial charge in [0, 0.05) is 5.41 Å². The highest BCUT2D eigenvalue weighted by Crippen LogP contribution is 2.34. The minimum absolute atomic E-state index is 0.00256. The van der Waals surface area contributed by atoms with Crippen LogP contribution in [-0.4, -0.2) is 76.1 Å². The molecule has 0 bridgehead atoms. The molecule has 0 aromatic carbocycles. The predicted molar refractivity (Wildman–Crippen MR) is 144 cm³/mol. The minimum atomic E-state index is -1.45. The maximum atomic E-state index is 10.5. The molecule has 7 heteroatoms. The lowest BCUT2D eigenvalue weighted by molar-refractivity contribution is -0.307. The van der Waals surface area contributed by atoms with E-state index in [9.17, 15) is 25.5 Å². The van der Waals surface area contributed by atoms with Crippen molar-refractivity contribution in [1.29, 1.82) is 0 Å². The summed E-state index contributed by atoms with van der Waals surface area (Å²) in [7, 11) is 0. The second-order valence-electron chi connectivity index (χ2n) is 11.1. The van der Waals surface area contributed by atoms with Crippen LogP contribution in [0, 0.1) is 5.41 Å². The molecular weight excluding hydrogens is 460 g/mol. The Morgan fingerprint density at radius 1 is 0.611 bits per heavy atom. The van der Waals surface area contributed by atoms with Crippen molar-refractivity contribution in [2.24, 2.45) is 5.41 Å². The molecule has 7 nitrogen and oxygen atoms in total. The van der Waals surface area contributed by atoms with Crippen LogP contribution >= 0.6 is 0 Å². The smallest absolute Gasteiger partial charge is 0.186 e. The van der Waals surface area contributed by atoms with Crippen molar-refractivity contribution in [3.05, 3.63) is 0 Å². The highest BCUT2D eigenvalue weighted by Gasteiger charge is 2.45. The quantitative estimate of drug-likeness (QED) is 0.123. The van der Waals surface area contributed by atoms with Gasteiger partial charge in [-0.05, 0) is 12.8 Å². The number of unbranched alkanes of at least 4 members (excludes halogenated alkanes) is 14. The van der Waals surface area contributed by atoms with Crippen LogP contribution in [0.15, 0.2) is 0 Å². The first-order chi connectivity index (χ1) is 17.4. The second-order valence-corrected chi connectivity index (χ2v) is 11.1. The predicted octanol–water partition coefficient (Wildman–Crippen LogP) is 4.84.